The first kappa shape index (κ1) is 16.7. The molecule has 0 unspecified atom stereocenters. The molecule has 1 saturated heterocycles. The highest BCUT2D eigenvalue weighted by atomic mass is 16.5. The second kappa shape index (κ2) is 6.84. The van der Waals surface area contributed by atoms with Gasteiger partial charge >= 0.3 is 0 Å². The van der Waals surface area contributed by atoms with Gasteiger partial charge in [-0.2, -0.15) is 4.98 Å². The van der Waals surface area contributed by atoms with Gasteiger partial charge in [-0.1, -0.05) is 5.16 Å². The number of hydrogen-bond acceptors (Lipinski definition) is 6. The van der Waals surface area contributed by atoms with E-state index >= 15 is 0 Å². The molecule has 134 valence electrons. The molecule has 3 aromatic rings. The lowest BCUT2D eigenvalue weighted by atomic mass is 10.2. The molecule has 0 aliphatic carbocycles. The molecule has 1 aliphatic heterocycles. The Kier molecular flexibility index (Phi) is 4.38. The van der Waals surface area contributed by atoms with Crippen LogP contribution < -0.4 is 0 Å². The monoisotopic (exact) mass is 351 g/mol. The lowest BCUT2D eigenvalue weighted by Gasteiger charge is -2.21. The third-order valence-corrected chi connectivity index (χ3v) is 4.91. The third-order valence-electron chi connectivity index (χ3n) is 4.91. The van der Waals surface area contributed by atoms with Crippen LogP contribution in [0.2, 0.25) is 0 Å². The molecule has 0 spiro atoms. The third kappa shape index (κ3) is 3.17. The fourth-order valence-corrected chi connectivity index (χ4v) is 3.45. The van der Waals surface area contributed by atoms with Crippen molar-refractivity contribution in [2.75, 3.05) is 6.54 Å². The number of carbonyl (C=O) groups is 1. The predicted molar refractivity (Wildman–Crippen MR) is 95.3 cm³/mol. The van der Waals surface area contributed by atoms with Gasteiger partial charge in [-0.25, -0.2) is 0 Å². The van der Waals surface area contributed by atoms with Gasteiger partial charge < -0.3 is 9.09 Å². The van der Waals surface area contributed by atoms with Gasteiger partial charge in [-0.05, 0) is 44.5 Å². The number of aromatic nitrogens is 4. The van der Waals surface area contributed by atoms with Crippen molar-refractivity contribution >= 4 is 5.78 Å². The molecule has 4 heterocycles. The summed E-state index contributed by atoms with van der Waals surface area (Å²) < 4.78 is 7.58. The number of Topliss-reactive ketones (excluding diaryl/α,β-unsaturated/α-hetero) is 1. The maximum Gasteiger partial charge on any atom is 0.244 e. The van der Waals surface area contributed by atoms with E-state index in [1.165, 1.54) is 0 Å². The molecule has 26 heavy (non-hydrogen) atoms. The molecule has 0 N–H and O–H groups in total. The Bertz CT molecular complexity index is 915. The van der Waals surface area contributed by atoms with Crippen molar-refractivity contribution in [3.8, 4) is 11.4 Å². The van der Waals surface area contributed by atoms with E-state index < -0.39 is 0 Å². The van der Waals surface area contributed by atoms with Crippen molar-refractivity contribution in [3.63, 3.8) is 0 Å². The molecule has 4 rings (SSSR count). The molecular weight excluding hydrogens is 330 g/mol. The normalized spacial score (nSPS) is 17.7. The molecule has 0 saturated carbocycles. The van der Waals surface area contributed by atoms with Gasteiger partial charge in [0, 0.05) is 49.0 Å². The predicted octanol–water partition coefficient (Wildman–Crippen LogP) is 3.01. The van der Waals surface area contributed by atoms with Crippen LogP contribution >= 0.6 is 0 Å². The van der Waals surface area contributed by atoms with E-state index in [1.54, 1.807) is 19.3 Å². The van der Waals surface area contributed by atoms with Crippen LogP contribution in [-0.2, 0) is 13.6 Å². The fourth-order valence-electron chi connectivity index (χ4n) is 3.45. The van der Waals surface area contributed by atoms with Crippen LogP contribution in [0.5, 0.6) is 0 Å². The van der Waals surface area contributed by atoms with Crippen molar-refractivity contribution in [3.05, 3.63) is 53.9 Å². The Balaban J connectivity index is 1.54. The summed E-state index contributed by atoms with van der Waals surface area (Å²) in [7, 11) is 1.97. The van der Waals surface area contributed by atoms with Crippen molar-refractivity contribution < 1.29 is 9.32 Å². The number of nitrogens with zero attached hydrogens (tertiary/aromatic N) is 5. The van der Waals surface area contributed by atoms with Gasteiger partial charge in [0.2, 0.25) is 11.7 Å². The average molecular weight is 351 g/mol. The number of pyridine rings is 1. The molecule has 7 nitrogen and oxygen atoms in total. The van der Waals surface area contributed by atoms with E-state index in [0.29, 0.717) is 11.7 Å². The Morgan fingerprint density at radius 2 is 2.15 bits per heavy atom. The standard InChI is InChI=1S/C19H21N5O2/c1-13(25)15-10-16(23(2)11-15)12-24-9-3-4-17(24)19-21-18(22-26-19)14-5-7-20-8-6-14/h5-8,10-11,17H,3-4,9,12H2,1-2H3/t17-/m0/s1. The SMILES string of the molecule is CC(=O)c1cc(CN2CCC[C@H]2c2nc(-c3ccncc3)no2)n(C)c1. The van der Waals surface area contributed by atoms with Crippen LogP contribution in [0.3, 0.4) is 0 Å². The summed E-state index contributed by atoms with van der Waals surface area (Å²) in [4.78, 5) is 22.6. The Labute approximate surface area is 151 Å². The van der Waals surface area contributed by atoms with Crippen LogP contribution in [0.25, 0.3) is 11.4 Å². The van der Waals surface area contributed by atoms with Gasteiger partial charge in [0.15, 0.2) is 5.78 Å². The molecule has 0 radical (unpaired) electrons. The number of carbonyl (C=O) groups excluding carboxylic acids is 1. The van der Waals surface area contributed by atoms with E-state index in [2.05, 4.69) is 20.0 Å². The summed E-state index contributed by atoms with van der Waals surface area (Å²) in [6, 6.07) is 5.81. The first-order chi connectivity index (χ1) is 12.6. The summed E-state index contributed by atoms with van der Waals surface area (Å²) >= 11 is 0. The highest BCUT2D eigenvalue weighted by Crippen LogP contribution is 2.33. The number of aryl methyl sites for hydroxylation is 1. The van der Waals surface area contributed by atoms with E-state index in [4.69, 9.17) is 4.52 Å². The minimum absolute atomic E-state index is 0.0868. The zero-order valence-corrected chi connectivity index (χ0v) is 14.9. The summed E-state index contributed by atoms with van der Waals surface area (Å²) in [5, 5.41) is 4.13. The molecule has 1 atom stereocenters. The Morgan fingerprint density at radius 3 is 2.88 bits per heavy atom. The number of hydrogen-bond donors (Lipinski definition) is 0. The molecule has 0 aromatic carbocycles. The maximum absolute atomic E-state index is 11.6. The molecule has 7 heteroatoms. The quantitative estimate of drug-likeness (QED) is 0.658. The number of likely N-dealkylation sites (tertiary alicyclic amines) is 1. The summed E-state index contributed by atoms with van der Waals surface area (Å²) in [5.74, 6) is 1.33. The fraction of sp³-hybridized carbons (Fsp3) is 0.368. The molecular formula is C19H21N5O2. The van der Waals surface area contributed by atoms with Crippen LogP contribution in [0.1, 0.15) is 47.7 Å². The topological polar surface area (TPSA) is 77.1 Å². The van der Waals surface area contributed by atoms with Crippen molar-refractivity contribution in [2.24, 2.45) is 7.05 Å². The zero-order valence-electron chi connectivity index (χ0n) is 14.9. The van der Waals surface area contributed by atoms with Gasteiger partial charge in [0.05, 0.1) is 6.04 Å². The molecule has 0 amide bonds. The molecule has 3 aromatic heterocycles. The summed E-state index contributed by atoms with van der Waals surface area (Å²) in [5.41, 5.74) is 2.75. The van der Waals surface area contributed by atoms with Crippen molar-refractivity contribution in [2.45, 2.75) is 32.4 Å². The van der Waals surface area contributed by atoms with Crippen molar-refractivity contribution in [1.82, 2.24) is 24.6 Å². The summed E-state index contributed by atoms with van der Waals surface area (Å²) in [6.45, 7) is 3.32. The van der Waals surface area contributed by atoms with Crippen LogP contribution in [0, 0.1) is 0 Å². The van der Waals surface area contributed by atoms with Gasteiger partial charge in [-0.3, -0.25) is 14.7 Å². The minimum atomic E-state index is 0.0868. The van der Waals surface area contributed by atoms with Gasteiger partial charge in [0.25, 0.3) is 0 Å². The van der Waals surface area contributed by atoms with Crippen molar-refractivity contribution in [1.29, 1.82) is 0 Å². The maximum atomic E-state index is 11.6. The van der Waals surface area contributed by atoms with E-state index in [-0.39, 0.29) is 11.8 Å². The van der Waals surface area contributed by atoms with E-state index in [1.807, 2.05) is 36.0 Å². The smallest absolute Gasteiger partial charge is 0.244 e. The molecule has 0 bridgehead atoms. The Morgan fingerprint density at radius 1 is 1.35 bits per heavy atom. The largest absolute Gasteiger partial charge is 0.353 e. The Hall–Kier alpha value is -2.80. The van der Waals surface area contributed by atoms with E-state index in [0.717, 1.165) is 42.8 Å². The lowest BCUT2D eigenvalue weighted by molar-refractivity contribution is 0.101. The number of rotatable bonds is 5. The molecule has 1 aliphatic rings. The second-order valence-corrected chi connectivity index (χ2v) is 6.71. The highest BCUT2D eigenvalue weighted by Gasteiger charge is 2.31. The summed E-state index contributed by atoms with van der Waals surface area (Å²) in [6.07, 6.45) is 7.39. The van der Waals surface area contributed by atoms with Crippen LogP contribution in [-0.4, -0.2) is 36.9 Å². The average Bonchev–Trinajstić information content (AvgIpc) is 3.36. The van der Waals surface area contributed by atoms with E-state index in [9.17, 15) is 4.79 Å². The highest BCUT2D eigenvalue weighted by molar-refractivity contribution is 5.94. The number of ketones is 1. The van der Waals surface area contributed by atoms with Crippen LogP contribution in [0.4, 0.5) is 0 Å². The van der Waals surface area contributed by atoms with Gasteiger partial charge in [0.1, 0.15) is 0 Å². The second-order valence-electron chi connectivity index (χ2n) is 6.71. The first-order valence-electron chi connectivity index (χ1n) is 8.76. The molecule has 1 fully saturated rings. The first-order valence-corrected chi connectivity index (χ1v) is 8.76. The minimum Gasteiger partial charge on any atom is -0.353 e. The zero-order chi connectivity index (χ0) is 18.1. The van der Waals surface area contributed by atoms with Gasteiger partial charge in [-0.15, -0.1) is 0 Å². The lowest BCUT2D eigenvalue weighted by Crippen LogP contribution is -2.24. The van der Waals surface area contributed by atoms with Crippen LogP contribution in [0.15, 0.2) is 41.3 Å².